The van der Waals surface area contributed by atoms with Crippen LogP contribution in [0.2, 0.25) is 0 Å². The van der Waals surface area contributed by atoms with Crippen molar-refractivity contribution in [1.82, 2.24) is 9.96 Å². The number of hydrogen-bond donors (Lipinski definition) is 3. The molecule has 24 heavy (non-hydrogen) atoms. The van der Waals surface area contributed by atoms with Gasteiger partial charge in [-0.1, -0.05) is 38.1 Å². The quantitative estimate of drug-likeness (QED) is 0.713. The Morgan fingerprint density at radius 2 is 1.62 bits per heavy atom. The average Bonchev–Trinajstić information content (AvgIpc) is 2.67. The number of likely N-dealkylation sites (N-methyl/N-ethyl adjacent to an activating group) is 1. The fourth-order valence-corrected chi connectivity index (χ4v) is 4.81. The molecule has 0 aliphatic carbocycles. The summed E-state index contributed by atoms with van der Waals surface area (Å²) < 4.78 is 0. The fraction of sp³-hybridized carbons (Fsp3) is 0.667. The number of benzene rings is 1. The minimum atomic E-state index is -1.54. The van der Waals surface area contributed by atoms with E-state index in [9.17, 15) is 15.3 Å². The van der Waals surface area contributed by atoms with Crippen LogP contribution in [0.4, 0.5) is 0 Å². The van der Waals surface area contributed by atoms with Gasteiger partial charge in [0.25, 0.3) is 0 Å². The first-order chi connectivity index (χ1) is 11.1. The lowest BCUT2D eigenvalue weighted by Gasteiger charge is -2.51. The summed E-state index contributed by atoms with van der Waals surface area (Å²) in [5.74, 6) is 0. The molecule has 1 aromatic rings. The van der Waals surface area contributed by atoms with E-state index < -0.39 is 23.7 Å². The van der Waals surface area contributed by atoms with Crippen molar-refractivity contribution >= 4 is 12.6 Å². The lowest BCUT2D eigenvalue weighted by molar-refractivity contribution is -0.208. The maximum atomic E-state index is 10.9. The maximum Gasteiger partial charge on any atom is 0.488 e. The van der Waals surface area contributed by atoms with Crippen LogP contribution >= 0.6 is 0 Å². The zero-order valence-corrected chi connectivity index (χ0v) is 15.7. The van der Waals surface area contributed by atoms with Crippen molar-refractivity contribution in [1.29, 1.82) is 0 Å². The average molecular weight is 334 g/mol. The Bertz CT molecular complexity index is 587. The first kappa shape index (κ1) is 19.4. The van der Waals surface area contributed by atoms with E-state index in [1.165, 1.54) is 5.06 Å². The predicted octanol–water partition coefficient (Wildman–Crippen LogP) is 1.56. The highest BCUT2D eigenvalue weighted by molar-refractivity contribution is 6.59. The normalized spacial score (nSPS) is 26.1. The van der Waals surface area contributed by atoms with Gasteiger partial charge in [0.2, 0.25) is 0 Å². The van der Waals surface area contributed by atoms with Crippen molar-refractivity contribution < 1.29 is 15.3 Å². The summed E-state index contributed by atoms with van der Waals surface area (Å²) in [7, 11) is -1.54. The molecule has 5 nitrogen and oxygen atoms in total. The molecule has 1 unspecified atom stereocenters. The number of hydrogen-bond acceptors (Lipinski definition) is 5. The third-order valence-electron chi connectivity index (χ3n) is 5.79. The molecule has 1 aromatic carbocycles. The van der Waals surface area contributed by atoms with Crippen molar-refractivity contribution in [2.75, 3.05) is 13.1 Å². The van der Waals surface area contributed by atoms with Crippen LogP contribution in [0, 0.1) is 0 Å². The zero-order valence-electron chi connectivity index (χ0n) is 15.7. The topological polar surface area (TPSA) is 67.2 Å². The van der Waals surface area contributed by atoms with Gasteiger partial charge in [-0.15, -0.1) is 0 Å². The summed E-state index contributed by atoms with van der Waals surface area (Å²) in [6, 6.07) is 7.46. The van der Waals surface area contributed by atoms with Gasteiger partial charge in [0.05, 0.1) is 11.1 Å². The molecule has 0 spiro atoms. The number of rotatable bonds is 5. The van der Waals surface area contributed by atoms with E-state index in [-0.39, 0.29) is 0 Å². The third-order valence-corrected chi connectivity index (χ3v) is 5.79. The molecule has 0 aromatic heterocycles. The molecule has 1 saturated heterocycles. The van der Waals surface area contributed by atoms with Crippen LogP contribution in [0.1, 0.15) is 53.5 Å². The van der Waals surface area contributed by atoms with Crippen molar-refractivity contribution in [2.45, 2.75) is 64.6 Å². The molecule has 1 atom stereocenters. The predicted molar refractivity (Wildman–Crippen MR) is 97.3 cm³/mol. The molecule has 0 amide bonds. The van der Waals surface area contributed by atoms with Gasteiger partial charge in [-0.25, -0.2) is 0 Å². The second-order valence-corrected chi connectivity index (χ2v) is 7.85. The van der Waals surface area contributed by atoms with Gasteiger partial charge in [0.1, 0.15) is 0 Å². The first-order valence-corrected chi connectivity index (χ1v) is 8.76. The Morgan fingerprint density at radius 1 is 1.08 bits per heavy atom. The van der Waals surface area contributed by atoms with Crippen molar-refractivity contribution in [3.63, 3.8) is 0 Å². The molecular formula is C18H31BN2O3. The Kier molecular flexibility index (Phi) is 5.20. The van der Waals surface area contributed by atoms with Gasteiger partial charge in [-0.3, -0.25) is 4.90 Å². The Hall–Kier alpha value is -0.915. The monoisotopic (exact) mass is 334 g/mol. The summed E-state index contributed by atoms with van der Waals surface area (Å²) in [5.41, 5.74) is -0.191. The first-order valence-electron chi connectivity index (χ1n) is 8.76. The maximum absolute atomic E-state index is 10.9. The third kappa shape index (κ3) is 2.61. The highest BCUT2D eigenvalue weighted by atomic mass is 16.5. The van der Waals surface area contributed by atoms with Crippen molar-refractivity contribution in [2.24, 2.45) is 0 Å². The van der Waals surface area contributed by atoms with Crippen molar-refractivity contribution in [3.8, 4) is 0 Å². The summed E-state index contributed by atoms with van der Waals surface area (Å²) in [4.78, 5) is 2.33. The molecule has 3 N–H and O–H groups in total. The molecule has 1 heterocycles. The van der Waals surface area contributed by atoms with Crippen LogP contribution in [0.3, 0.4) is 0 Å². The van der Waals surface area contributed by atoms with Gasteiger partial charge in [-0.2, -0.15) is 5.06 Å². The molecule has 2 rings (SSSR count). The lowest BCUT2D eigenvalue weighted by atomic mass is 9.64. The molecule has 0 saturated carbocycles. The molecule has 1 fully saturated rings. The SMILES string of the molecule is CCN(CC)C1(c2ccccc2B(O)O)CC(C)(C)N(O)C1(C)C. The van der Waals surface area contributed by atoms with Crippen LogP contribution in [0.25, 0.3) is 0 Å². The Labute approximate surface area is 146 Å². The lowest BCUT2D eigenvalue weighted by Crippen LogP contribution is -2.62. The second kappa shape index (κ2) is 6.43. The van der Waals surface area contributed by atoms with Crippen LogP contribution in [-0.2, 0) is 5.54 Å². The molecule has 1 aliphatic heterocycles. The minimum Gasteiger partial charge on any atom is -0.423 e. The number of hydroxylamine groups is 2. The second-order valence-electron chi connectivity index (χ2n) is 7.85. The summed E-state index contributed by atoms with van der Waals surface area (Å²) in [6.07, 6.45) is 0.689. The van der Waals surface area contributed by atoms with Crippen molar-refractivity contribution in [3.05, 3.63) is 29.8 Å². The van der Waals surface area contributed by atoms with Gasteiger partial charge < -0.3 is 15.3 Å². The zero-order chi connectivity index (χ0) is 18.3. The van der Waals surface area contributed by atoms with E-state index in [0.717, 1.165) is 18.7 Å². The van der Waals surface area contributed by atoms with Crippen LogP contribution in [0.5, 0.6) is 0 Å². The van der Waals surface area contributed by atoms with E-state index >= 15 is 0 Å². The standard InChI is InChI=1S/C18H31BN2O3/c1-7-20(8-2)18(13-16(3,4)21(24)17(18,5)6)14-11-9-10-12-15(14)19(22)23/h9-12,22-24H,7-8,13H2,1-6H3. The Balaban J connectivity index is 2.81. The molecule has 6 heteroatoms. The van der Waals surface area contributed by atoms with Gasteiger partial charge >= 0.3 is 7.12 Å². The van der Waals surface area contributed by atoms with E-state index in [4.69, 9.17) is 0 Å². The smallest absolute Gasteiger partial charge is 0.423 e. The van der Waals surface area contributed by atoms with Crippen LogP contribution in [0.15, 0.2) is 24.3 Å². The summed E-state index contributed by atoms with van der Waals surface area (Å²) >= 11 is 0. The van der Waals surface area contributed by atoms with E-state index in [0.29, 0.717) is 11.9 Å². The van der Waals surface area contributed by atoms with E-state index in [2.05, 4.69) is 18.7 Å². The molecule has 0 radical (unpaired) electrons. The van der Waals surface area contributed by atoms with Gasteiger partial charge in [-0.05, 0) is 58.2 Å². The molecule has 134 valence electrons. The fourth-order valence-electron chi connectivity index (χ4n) is 4.81. The van der Waals surface area contributed by atoms with Crippen LogP contribution in [-0.4, -0.2) is 56.5 Å². The highest BCUT2D eigenvalue weighted by Gasteiger charge is 2.64. The summed E-state index contributed by atoms with van der Waals surface area (Å²) in [6.45, 7) is 13.9. The molecular weight excluding hydrogens is 303 g/mol. The largest absolute Gasteiger partial charge is 0.488 e. The van der Waals surface area contributed by atoms with Gasteiger partial charge in [0.15, 0.2) is 0 Å². The van der Waals surface area contributed by atoms with Crippen LogP contribution < -0.4 is 5.46 Å². The molecule has 1 aliphatic rings. The minimum absolute atomic E-state index is 0.431. The Morgan fingerprint density at radius 3 is 2.04 bits per heavy atom. The summed E-state index contributed by atoms with van der Waals surface area (Å²) in [5, 5.41) is 32.2. The van der Waals surface area contributed by atoms with E-state index in [1.54, 1.807) is 6.07 Å². The molecule has 0 bridgehead atoms. The number of nitrogens with zero attached hydrogens (tertiary/aromatic N) is 2. The van der Waals surface area contributed by atoms with E-state index in [1.807, 2.05) is 45.9 Å². The van der Waals surface area contributed by atoms with Gasteiger partial charge in [0, 0.05) is 5.54 Å². The highest BCUT2D eigenvalue weighted by Crippen LogP contribution is 2.54.